The van der Waals surface area contributed by atoms with Crippen molar-refractivity contribution >= 4 is 23.1 Å². The molecule has 0 aliphatic rings. The summed E-state index contributed by atoms with van der Waals surface area (Å²) >= 11 is 6.10. The van der Waals surface area contributed by atoms with Crippen LogP contribution in [0.25, 0.3) is 0 Å². The van der Waals surface area contributed by atoms with E-state index in [9.17, 15) is 0 Å². The van der Waals surface area contributed by atoms with E-state index in [-0.39, 0.29) is 0 Å². The molecule has 2 heterocycles. The summed E-state index contributed by atoms with van der Waals surface area (Å²) in [5.74, 6) is 1.47. The van der Waals surface area contributed by atoms with E-state index in [1.54, 1.807) is 4.68 Å². The number of halogens is 1. The number of nitrogens with one attached hydrogen (secondary N) is 1. The number of rotatable bonds is 3. The Morgan fingerprint density at radius 3 is 2.61 bits per heavy atom. The molecule has 0 fully saturated rings. The Balaban J connectivity index is 2.39. The number of anilines is 2. The van der Waals surface area contributed by atoms with Gasteiger partial charge in [-0.1, -0.05) is 18.5 Å². The molecule has 2 rings (SSSR count). The van der Waals surface area contributed by atoms with Crippen molar-refractivity contribution in [3.8, 4) is 0 Å². The highest BCUT2D eigenvalue weighted by molar-refractivity contribution is 6.30. The summed E-state index contributed by atoms with van der Waals surface area (Å²) in [4.78, 5) is 8.67. The van der Waals surface area contributed by atoms with Gasteiger partial charge in [0.25, 0.3) is 0 Å². The molecule has 0 atom stereocenters. The van der Waals surface area contributed by atoms with Gasteiger partial charge in [0.2, 0.25) is 0 Å². The van der Waals surface area contributed by atoms with Crippen LogP contribution in [0.5, 0.6) is 0 Å². The number of aromatic nitrogens is 4. The van der Waals surface area contributed by atoms with Crippen molar-refractivity contribution < 1.29 is 0 Å². The first-order valence-electron chi connectivity index (χ1n) is 5.81. The summed E-state index contributed by atoms with van der Waals surface area (Å²) in [5, 5.41) is 8.03. The van der Waals surface area contributed by atoms with Gasteiger partial charge in [-0.2, -0.15) is 5.10 Å². The molecule has 5 nitrogen and oxygen atoms in total. The van der Waals surface area contributed by atoms with Gasteiger partial charge in [-0.3, -0.25) is 4.68 Å². The molecule has 0 aliphatic heterocycles. The molecule has 6 heteroatoms. The highest BCUT2D eigenvalue weighted by atomic mass is 35.5. The molecule has 0 bridgehead atoms. The van der Waals surface area contributed by atoms with Crippen LogP contribution in [-0.2, 0) is 13.5 Å². The van der Waals surface area contributed by atoms with E-state index in [0.717, 1.165) is 35.0 Å². The Kier molecular flexibility index (Phi) is 3.52. The third kappa shape index (κ3) is 2.46. The predicted molar refractivity (Wildman–Crippen MR) is 72.4 cm³/mol. The lowest BCUT2D eigenvalue weighted by atomic mass is 10.3. The van der Waals surface area contributed by atoms with Gasteiger partial charge in [0.15, 0.2) is 0 Å². The lowest BCUT2D eigenvalue weighted by molar-refractivity contribution is 0.756. The fourth-order valence-corrected chi connectivity index (χ4v) is 1.85. The molecule has 18 heavy (non-hydrogen) atoms. The quantitative estimate of drug-likeness (QED) is 0.867. The van der Waals surface area contributed by atoms with Crippen LogP contribution in [0.1, 0.15) is 24.0 Å². The average Bonchev–Trinajstić information content (AvgIpc) is 2.63. The summed E-state index contributed by atoms with van der Waals surface area (Å²) in [6, 6.07) is 0. The van der Waals surface area contributed by atoms with Crippen molar-refractivity contribution in [2.24, 2.45) is 7.05 Å². The second kappa shape index (κ2) is 4.94. The van der Waals surface area contributed by atoms with E-state index in [1.807, 2.05) is 34.0 Å². The SMILES string of the molecule is CCc1nc(Cl)c(C)c(Nc2cn(C)nc2C)n1. The van der Waals surface area contributed by atoms with Gasteiger partial charge >= 0.3 is 0 Å². The lowest BCUT2D eigenvalue weighted by Gasteiger charge is -2.10. The molecule has 0 aliphatic carbocycles. The Labute approximate surface area is 111 Å². The molecule has 0 aromatic carbocycles. The van der Waals surface area contributed by atoms with Crippen LogP contribution in [0.3, 0.4) is 0 Å². The van der Waals surface area contributed by atoms with Crippen LogP contribution >= 0.6 is 11.6 Å². The maximum atomic E-state index is 6.10. The highest BCUT2D eigenvalue weighted by Crippen LogP contribution is 2.24. The highest BCUT2D eigenvalue weighted by Gasteiger charge is 2.11. The lowest BCUT2D eigenvalue weighted by Crippen LogP contribution is -2.03. The van der Waals surface area contributed by atoms with Crippen molar-refractivity contribution in [3.05, 3.63) is 28.4 Å². The van der Waals surface area contributed by atoms with E-state index in [1.165, 1.54) is 0 Å². The molecule has 0 saturated heterocycles. The molecule has 2 aromatic rings. The minimum absolute atomic E-state index is 0.492. The summed E-state index contributed by atoms with van der Waals surface area (Å²) in [6.07, 6.45) is 2.66. The van der Waals surface area contributed by atoms with Crippen molar-refractivity contribution in [3.63, 3.8) is 0 Å². The second-order valence-electron chi connectivity index (χ2n) is 4.18. The van der Waals surface area contributed by atoms with Gasteiger partial charge in [-0.15, -0.1) is 0 Å². The summed E-state index contributed by atoms with van der Waals surface area (Å²) in [5.41, 5.74) is 2.69. The van der Waals surface area contributed by atoms with Crippen molar-refractivity contribution in [1.29, 1.82) is 0 Å². The van der Waals surface area contributed by atoms with E-state index >= 15 is 0 Å². The van der Waals surface area contributed by atoms with E-state index in [4.69, 9.17) is 11.6 Å². The third-order valence-corrected chi connectivity index (χ3v) is 3.08. The Bertz CT molecular complexity index is 576. The molecular formula is C12H16ClN5. The largest absolute Gasteiger partial charge is 0.337 e. The fourth-order valence-electron chi connectivity index (χ4n) is 1.66. The molecule has 96 valence electrons. The molecule has 0 radical (unpaired) electrons. The molecule has 0 amide bonds. The number of hydrogen-bond acceptors (Lipinski definition) is 4. The smallest absolute Gasteiger partial charge is 0.138 e. The number of hydrogen-bond donors (Lipinski definition) is 1. The second-order valence-corrected chi connectivity index (χ2v) is 4.54. The molecule has 0 unspecified atom stereocenters. The van der Waals surface area contributed by atoms with Gasteiger partial charge in [-0.05, 0) is 13.8 Å². The first-order valence-corrected chi connectivity index (χ1v) is 6.19. The Morgan fingerprint density at radius 2 is 2.06 bits per heavy atom. The summed E-state index contributed by atoms with van der Waals surface area (Å²) < 4.78 is 1.76. The molecule has 0 saturated carbocycles. The van der Waals surface area contributed by atoms with Gasteiger partial charge in [0, 0.05) is 25.2 Å². The predicted octanol–water partition coefficient (Wildman–Crippen LogP) is 2.79. The Hall–Kier alpha value is -1.62. The zero-order valence-corrected chi connectivity index (χ0v) is 11.7. The van der Waals surface area contributed by atoms with Gasteiger partial charge in [0.1, 0.15) is 16.8 Å². The Morgan fingerprint density at radius 1 is 1.33 bits per heavy atom. The molecule has 1 N–H and O–H groups in total. The van der Waals surface area contributed by atoms with Crippen LogP contribution in [-0.4, -0.2) is 19.7 Å². The van der Waals surface area contributed by atoms with Crippen LogP contribution in [0.4, 0.5) is 11.5 Å². The first kappa shape index (κ1) is 12.8. The van der Waals surface area contributed by atoms with Gasteiger partial charge < -0.3 is 5.32 Å². The number of nitrogens with zero attached hydrogens (tertiary/aromatic N) is 4. The van der Waals surface area contributed by atoms with Gasteiger partial charge in [-0.25, -0.2) is 9.97 Å². The zero-order chi connectivity index (χ0) is 13.3. The van der Waals surface area contributed by atoms with Crippen LogP contribution < -0.4 is 5.32 Å². The monoisotopic (exact) mass is 265 g/mol. The minimum Gasteiger partial charge on any atom is -0.337 e. The fraction of sp³-hybridized carbons (Fsp3) is 0.417. The average molecular weight is 266 g/mol. The summed E-state index contributed by atoms with van der Waals surface area (Å²) in [6.45, 7) is 5.84. The van der Waals surface area contributed by atoms with Crippen molar-refractivity contribution in [2.45, 2.75) is 27.2 Å². The van der Waals surface area contributed by atoms with E-state index < -0.39 is 0 Å². The van der Waals surface area contributed by atoms with Crippen LogP contribution in [0.2, 0.25) is 5.15 Å². The topological polar surface area (TPSA) is 55.6 Å². The van der Waals surface area contributed by atoms with Crippen LogP contribution in [0, 0.1) is 13.8 Å². The maximum Gasteiger partial charge on any atom is 0.138 e. The standard InChI is InChI=1S/C12H16ClN5/c1-5-10-15-11(13)7(2)12(16-10)14-9-6-18(4)17-8(9)3/h6H,5H2,1-4H3,(H,14,15,16). The van der Waals surface area contributed by atoms with E-state index in [0.29, 0.717) is 5.15 Å². The normalized spacial score (nSPS) is 10.7. The summed E-state index contributed by atoms with van der Waals surface area (Å²) in [7, 11) is 1.88. The minimum atomic E-state index is 0.492. The molecule has 0 spiro atoms. The van der Waals surface area contributed by atoms with Crippen molar-refractivity contribution in [2.75, 3.05) is 5.32 Å². The molecule has 2 aromatic heterocycles. The van der Waals surface area contributed by atoms with Crippen LogP contribution in [0.15, 0.2) is 6.20 Å². The molecular weight excluding hydrogens is 250 g/mol. The van der Waals surface area contributed by atoms with Crippen molar-refractivity contribution in [1.82, 2.24) is 19.7 Å². The third-order valence-electron chi connectivity index (χ3n) is 2.72. The van der Waals surface area contributed by atoms with Gasteiger partial charge in [0.05, 0.1) is 11.4 Å². The van der Waals surface area contributed by atoms with E-state index in [2.05, 4.69) is 20.4 Å². The number of aryl methyl sites for hydroxylation is 3. The maximum absolute atomic E-state index is 6.10. The zero-order valence-electron chi connectivity index (χ0n) is 11.0. The first-order chi connectivity index (χ1) is 8.51.